The summed E-state index contributed by atoms with van der Waals surface area (Å²) in [6, 6.07) is 6.13. The van der Waals surface area contributed by atoms with Crippen LogP contribution >= 0.6 is 0 Å². The SMILES string of the molecule is COc1ccc(C)c([C@@H](N)C(C)C)c1. The number of nitrogens with two attached hydrogens (primary N) is 1. The number of aryl methyl sites for hydroxylation is 1. The summed E-state index contributed by atoms with van der Waals surface area (Å²) in [6.07, 6.45) is 0. The molecule has 0 aliphatic carbocycles. The highest BCUT2D eigenvalue weighted by Crippen LogP contribution is 2.25. The van der Waals surface area contributed by atoms with E-state index in [-0.39, 0.29) is 6.04 Å². The summed E-state index contributed by atoms with van der Waals surface area (Å²) in [4.78, 5) is 0. The van der Waals surface area contributed by atoms with Crippen molar-refractivity contribution in [3.8, 4) is 5.75 Å². The van der Waals surface area contributed by atoms with Crippen LogP contribution in [0.3, 0.4) is 0 Å². The highest BCUT2D eigenvalue weighted by atomic mass is 16.5. The fourth-order valence-electron chi connectivity index (χ4n) is 1.46. The van der Waals surface area contributed by atoms with Gasteiger partial charge < -0.3 is 10.5 Å². The minimum absolute atomic E-state index is 0.0881. The number of rotatable bonds is 3. The van der Waals surface area contributed by atoms with Crippen LogP contribution in [0.2, 0.25) is 0 Å². The molecule has 1 atom stereocenters. The minimum atomic E-state index is 0.0881. The Bertz CT molecular complexity index is 307. The van der Waals surface area contributed by atoms with Crippen molar-refractivity contribution in [3.05, 3.63) is 29.3 Å². The number of ether oxygens (including phenoxy) is 1. The molecule has 1 aromatic carbocycles. The Kier molecular flexibility index (Phi) is 3.53. The first-order valence-corrected chi connectivity index (χ1v) is 4.96. The molecule has 1 aromatic rings. The molecule has 0 radical (unpaired) electrons. The summed E-state index contributed by atoms with van der Waals surface area (Å²) in [7, 11) is 1.68. The van der Waals surface area contributed by atoms with Crippen LogP contribution in [0.5, 0.6) is 5.75 Å². The van der Waals surface area contributed by atoms with Gasteiger partial charge in [0.1, 0.15) is 5.75 Å². The van der Waals surface area contributed by atoms with Gasteiger partial charge in [0.15, 0.2) is 0 Å². The third-order valence-electron chi connectivity index (χ3n) is 2.56. The second-order valence-corrected chi connectivity index (χ2v) is 3.99. The van der Waals surface area contributed by atoms with Crippen LogP contribution in [0.1, 0.15) is 31.0 Å². The number of benzene rings is 1. The molecule has 0 fully saturated rings. The first kappa shape index (κ1) is 11.1. The third-order valence-corrected chi connectivity index (χ3v) is 2.56. The molecule has 0 saturated heterocycles. The van der Waals surface area contributed by atoms with E-state index < -0.39 is 0 Å². The second kappa shape index (κ2) is 4.47. The molecule has 1 rings (SSSR count). The Morgan fingerprint density at radius 1 is 1.29 bits per heavy atom. The Labute approximate surface area is 86.1 Å². The zero-order valence-corrected chi connectivity index (χ0v) is 9.37. The van der Waals surface area contributed by atoms with Crippen molar-refractivity contribution in [2.24, 2.45) is 11.7 Å². The summed E-state index contributed by atoms with van der Waals surface area (Å²) >= 11 is 0. The van der Waals surface area contributed by atoms with Crippen LogP contribution in [0, 0.1) is 12.8 Å². The van der Waals surface area contributed by atoms with Crippen LogP contribution < -0.4 is 10.5 Å². The molecule has 78 valence electrons. The first-order chi connectivity index (χ1) is 6.56. The second-order valence-electron chi connectivity index (χ2n) is 3.99. The van der Waals surface area contributed by atoms with E-state index in [9.17, 15) is 0 Å². The Hall–Kier alpha value is -1.02. The lowest BCUT2D eigenvalue weighted by molar-refractivity contribution is 0.412. The van der Waals surface area contributed by atoms with Gasteiger partial charge in [-0.2, -0.15) is 0 Å². The van der Waals surface area contributed by atoms with Gasteiger partial charge in [0.05, 0.1) is 7.11 Å². The molecule has 0 heterocycles. The minimum Gasteiger partial charge on any atom is -0.497 e. The lowest BCUT2D eigenvalue weighted by atomic mass is 9.93. The average Bonchev–Trinajstić information content (AvgIpc) is 2.17. The van der Waals surface area contributed by atoms with Gasteiger partial charge in [-0.1, -0.05) is 19.9 Å². The standard InChI is InChI=1S/C12H19NO/c1-8(2)12(13)11-7-10(14-4)6-5-9(11)3/h5-8,12H,13H2,1-4H3/t12-/m0/s1. The van der Waals surface area contributed by atoms with E-state index in [4.69, 9.17) is 10.5 Å². The molecule has 0 bridgehead atoms. The predicted molar refractivity (Wildman–Crippen MR) is 59.5 cm³/mol. The molecule has 0 unspecified atom stereocenters. The van der Waals surface area contributed by atoms with Crippen molar-refractivity contribution in [2.75, 3.05) is 7.11 Å². The van der Waals surface area contributed by atoms with Gasteiger partial charge in [-0.15, -0.1) is 0 Å². The topological polar surface area (TPSA) is 35.2 Å². The average molecular weight is 193 g/mol. The number of methoxy groups -OCH3 is 1. The molecule has 2 nitrogen and oxygen atoms in total. The fraction of sp³-hybridized carbons (Fsp3) is 0.500. The molecule has 0 spiro atoms. The third kappa shape index (κ3) is 2.26. The Morgan fingerprint density at radius 3 is 2.43 bits per heavy atom. The molecule has 2 heteroatoms. The zero-order valence-electron chi connectivity index (χ0n) is 9.37. The van der Waals surface area contributed by atoms with Crippen LogP contribution in [-0.2, 0) is 0 Å². The number of hydrogen-bond acceptors (Lipinski definition) is 2. The largest absolute Gasteiger partial charge is 0.497 e. The fourth-order valence-corrected chi connectivity index (χ4v) is 1.46. The monoisotopic (exact) mass is 193 g/mol. The van der Waals surface area contributed by atoms with Gasteiger partial charge in [0.25, 0.3) is 0 Å². The molecule has 0 saturated carbocycles. The van der Waals surface area contributed by atoms with Crippen LogP contribution in [0.25, 0.3) is 0 Å². The van der Waals surface area contributed by atoms with E-state index >= 15 is 0 Å². The van der Waals surface area contributed by atoms with E-state index in [0.717, 1.165) is 5.75 Å². The van der Waals surface area contributed by atoms with Crippen molar-refractivity contribution in [2.45, 2.75) is 26.8 Å². The van der Waals surface area contributed by atoms with E-state index in [1.807, 2.05) is 12.1 Å². The van der Waals surface area contributed by atoms with Gasteiger partial charge in [-0.25, -0.2) is 0 Å². The molecule has 0 aromatic heterocycles. The number of hydrogen-bond donors (Lipinski definition) is 1. The van der Waals surface area contributed by atoms with Gasteiger partial charge >= 0.3 is 0 Å². The molecule has 0 aliphatic heterocycles. The highest BCUT2D eigenvalue weighted by Gasteiger charge is 2.13. The predicted octanol–water partition coefficient (Wildman–Crippen LogP) is 2.66. The smallest absolute Gasteiger partial charge is 0.119 e. The maximum atomic E-state index is 6.11. The normalized spacial score (nSPS) is 13.0. The van der Waals surface area contributed by atoms with Crippen LogP contribution in [-0.4, -0.2) is 7.11 Å². The van der Waals surface area contributed by atoms with Crippen LogP contribution in [0.4, 0.5) is 0 Å². The van der Waals surface area contributed by atoms with Gasteiger partial charge in [-0.05, 0) is 36.1 Å². The van der Waals surface area contributed by atoms with Crippen molar-refractivity contribution in [1.29, 1.82) is 0 Å². The highest BCUT2D eigenvalue weighted by molar-refractivity contribution is 5.36. The van der Waals surface area contributed by atoms with Gasteiger partial charge in [0.2, 0.25) is 0 Å². The quantitative estimate of drug-likeness (QED) is 0.801. The molecular formula is C12H19NO. The summed E-state index contributed by atoms with van der Waals surface area (Å²) in [5, 5.41) is 0. The van der Waals surface area contributed by atoms with Crippen molar-refractivity contribution in [3.63, 3.8) is 0 Å². The van der Waals surface area contributed by atoms with Gasteiger partial charge in [0, 0.05) is 6.04 Å². The summed E-state index contributed by atoms with van der Waals surface area (Å²) < 4.78 is 5.18. The molecule has 0 amide bonds. The van der Waals surface area contributed by atoms with E-state index in [2.05, 4.69) is 26.8 Å². The maximum Gasteiger partial charge on any atom is 0.119 e. The van der Waals surface area contributed by atoms with Crippen molar-refractivity contribution >= 4 is 0 Å². The summed E-state index contributed by atoms with van der Waals surface area (Å²) in [5.74, 6) is 1.32. The molecule has 0 aliphatic rings. The Balaban J connectivity index is 3.05. The van der Waals surface area contributed by atoms with Gasteiger partial charge in [-0.3, -0.25) is 0 Å². The van der Waals surface area contributed by atoms with E-state index in [1.54, 1.807) is 7.11 Å². The van der Waals surface area contributed by atoms with Crippen LogP contribution in [0.15, 0.2) is 18.2 Å². The Morgan fingerprint density at radius 2 is 1.93 bits per heavy atom. The summed E-state index contributed by atoms with van der Waals surface area (Å²) in [5.41, 5.74) is 8.52. The molecular weight excluding hydrogens is 174 g/mol. The molecule has 2 N–H and O–H groups in total. The summed E-state index contributed by atoms with van der Waals surface area (Å²) in [6.45, 7) is 6.34. The maximum absolute atomic E-state index is 6.11. The zero-order chi connectivity index (χ0) is 10.7. The van der Waals surface area contributed by atoms with E-state index in [1.165, 1.54) is 11.1 Å². The lowest BCUT2D eigenvalue weighted by Gasteiger charge is -2.19. The van der Waals surface area contributed by atoms with E-state index in [0.29, 0.717) is 5.92 Å². The van der Waals surface area contributed by atoms with Crippen molar-refractivity contribution in [1.82, 2.24) is 0 Å². The first-order valence-electron chi connectivity index (χ1n) is 4.96. The molecule has 14 heavy (non-hydrogen) atoms. The van der Waals surface area contributed by atoms with Crippen molar-refractivity contribution < 1.29 is 4.74 Å². The lowest BCUT2D eigenvalue weighted by Crippen LogP contribution is -2.17.